The Labute approximate surface area is 253 Å². The number of Topliss-reactive ketones (excluding diaryl/α,β-unsaturated/α-hetero) is 1. The van der Waals surface area contributed by atoms with Gasteiger partial charge in [-0.1, -0.05) is 13.8 Å². The Hall–Kier alpha value is -3.71. The van der Waals surface area contributed by atoms with Gasteiger partial charge >= 0.3 is 0 Å². The summed E-state index contributed by atoms with van der Waals surface area (Å²) in [7, 11) is 3.88. The number of anilines is 2. The van der Waals surface area contributed by atoms with Crippen molar-refractivity contribution < 1.29 is 24.2 Å². The second-order valence-corrected chi connectivity index (χ2v) is 12.3. The van der Waals surface area contributed by atoms with Crippen molar-refractivity contribution >= 4 is 40.2 Å². The van der Waals surface area contributed by atoms with E-state index in [2.05, 4.69) is 27.6 Å². The van der Waals surface area contributed by atoms with Crippen LogP contribution in [0.1, 0.15) is 64.2 Å². The van der Waals surface area contributed by atoms with Crippen LogP contribution in [0.4, 0.5) is 15.9 Å². The summed E-state index contributed by atoms with van der Waals surface area (Å²) in [5.41, 5.74) is 2.84. The van der Waals surface area contributed by atoms with Crippen LogP contribution >= 0.6 is 11.3 Å². The number of ketones is 1. The normalized spacial score (nSPS) is 21.9. The molecule has 1 aromatic carbocycles. The highest BCUT2D eigenvalue weighted by molar-refractivity contribution is 7.14. The summed E-state index contributed by atoms with van der Waals surface area (Å²) >= 11 is 1.23. The van der Waals surface area contributed by atoms with Gasteiger partial charge in [0.15, 0.2) is 11.6 Å². The molecule has 1 aliphatic carbocycles. The average Bonchev–Trinajstić information content (AvgIpc) is 3.57. The minimum Gasteiger partial charge on any atom is -0.390 e. The second kappa shape index (κ2) is 12.9. The number of hydrogen-bond acceptors (Lipinski definition) is 9. The molecule has 43 heavy (non-hydrogen) atoms. The lowest BCUT2D eigenvalue weighted by Gasteiger charge is -2.23. The maximum Gasteiger partial charge on any atom is 0.265 e. The van der Waals surface area contributed by atoms with Crippen LogP contribution in [0.5, 0.6) is 0 Å². The van der Waals surface area contributed by atoms with Gasteiger partial charge < -0.3 is 25.7 Å². The van der Waals surface area contributed by atoms with Crippen LogP contribution in [0.25, 0.3) is 0 Å². The van der Waals surface area contributed by atoms with Crippen LogP contribution in [0, 0.1) is 11.7 Å². The molecule has 2 aromatic heterocycles. The fraction of sp³-hybridized carbons (Fsp3) is 0.419. The van der Waals surface area contributed by atoms with Gasteiger partial charge in [-0.2, -0.15) is 5.10 Å². The molecule has 228 valence electrons. The molecule has 5 rings (SSSR count). The van der Waals surface area contributed by atoms with Gasteiger partial charge in [0.05, 0.1) is 33.8 Å². The van der Waals surface area contributed by atoms with Gasteiger partial charge in [0.25, 0.3) is 5.91 Å². The SMILES string of the molecule is CCN(C)Cc1cc(N/C2=C/C(c3ccc(F)c(NC(=O)c4cc5c(s4)CC[C@@H](O)[C@H]5O)c3)=NCCC(C)C2=O)nn1C. The third-order valence-electron chi connectivity index (χ3n) is 7.98. The Morgan fingerprint density at radius 1 is 1.23 bits per heavy atom. The van der Waals surface area contributed by atoms with E-state index in [1.165, 1.54) is 23.5 Å². The summed E-state index contributed by atoms with van der Waals surface area (Å²) in [5, 5.41) is 30.7. The number of rotatable bonds is 8. The lowest BCUT2D eigenvalue weighted by atomic mass is 9.93. The number of amides is 1. The van der Waals surface area contributed by atoms with Crippen molar-refractivity contribution in [3.05, 3.63) is 74.5 Å². The predicted octanol–water partition coefficient (Wildman–Crippen LogP) is 4.06. The molecule has 12 heteroatoms. The first-order chi connectivity index (χ1) is 20.5. The van der Waals surface area contributed by atoms with E-state index in [9.17, 15) is 24.2 Å². The smallest absolute Gasteiger partial charge is 0.265 e. The monoisotopic (exact) mass is 608 g/mol. The molecule has 3 heterocycles. The first-order valence-electron chi connectivity index (χ1n) is 14.4. The van der Waals surface area contributed by atoms with Gasteiger partial charge in [0.1, 0.15) is 11.9 Å². The number of allylic oxidation sites excluding steroid dienone is 2. The lowest BCUT2D eigenvalue weighted by Crippen LogP contribution is -2.23. The molecule has 2 aliphatic rings. The number of carbonyl (C=O) groups excluding carboxylic acids is 2. The Morgan fingerprint density at radius 2 is 2.02 bits per heavy atom. The third kappa shape index (κ3) is 6.77. The number of thiophene rings is 1. The topological polar surface area (TPSA) is 132 Å². The van der Waals surface area contributed by atoms with Gasteiger partial charge in [-0.3, -0.25) is 19.3 Å². The zero-order valence-corrected chi connectivity index (χ0v) is 25.5. The second-order valence-electron chi connectivity index (χ2n) is 11.2. The number of aryl methyl sites for hydroxylation is 2. The number of carbonyl (C=O) groups is 2. The number of aliphatic hydroxyl groups is 2. The number of aliphatic imine (C=N–C) groups is 1. The largest absolute Gasteiger partial charge is 0.390 e. The highest BCUT2D eigenvalue weighted by Gasteiger charge is 2.30. The van der Waals surface area contributed by atoms with Crippen molar-refractivity contribution in [2.24, 2.45) is 18.0 Å². The molecule has 0 fully saturated rings. The predicted molar refractivity (Wildman–Crippen MR) is 165 cm³/mol. The van der Waals surface area contributed by atoms with E-state index in [-0.39, 0.29) is 17.4 Å². The minimum absolute atomic E-state index is 0.0313. The summed E-state index contributed by atoms with van der Waals surface area (Å²) in [6.07, 6.45) is 1.26. The van der Waals surface area contributed by atoms with E-state index in [1.807, 2.05) is 27.1 Å². The van der Waals surface area contributed by atoms with Crippen molar-refractivity contribution in [1.82, 2.24) is 14.7 Å². The Morgan fingerprint density at radius 3 is 2.79 bits per heavy atom. The van der Waals surface area contributed by atoms with Crippen molar-refractivity contribution in [1.29, 1.82) is 0 Å². The first-order valence-corrected chi connectivity index (χ1v) is 15.2. The van der Waals surface area contributed by atoms with Gasteiger partial charge in [0, 0.05) is 42.6 Å². The molecule has 0 spiro atoms. The molecule has 0 bridgehead atoms. The van der Waals surface area contributed by atoms with Crippen molar-refractivity contribution in [2.75, 3.05) is 30.8 Å². The molecule has 3 aromatic rings. The van der Waals surface area contributed by atoms with Crippen LogP contribution in [-0.4, -0.2) is 68.5 Å². The quantitative estimate of drug-likeness (QED) is 0.303. The van der Waals surface area contributed by atoms with E-state index in [0.29, 0.717) is 65.6 Å². The fourth-order valence-corrected chi connectivity index (χ4v) is 6.26. The summed E-state index contributed by atoms with van der Waals surface area (Å²) < 4.78 is 16.7. The van der Waals surface area contributed by atoms with Crippen molar-refractivity contribution in [2.45, 2.75) is 51.9 Å². The summed E-state index contributed by atoms with van der Waals surface area (Å²) in [6.45, 7) is 5.95. The number of aliphatic hydroxyl groups excluding tert-OH is 2. The molecule has 3 atom stereocenters. The van der Waals surface area contributed by atoms with E-state index in [1.54, 1.807) is 22.9 Å². The number of fused-ring (bicyclic) bond motifs is 1. The third-order valence-corrected chi connectivity index (χ3v) is 9.19. The fourth-order valence-electron chi connectivity index (χ4n) is 5.15. The maximum atomic E-state index is 14.9. The van der Waals surface area contributed by atoms with Crippen molar-refractivity contribution in [3.8, 4) is 0 Å². The first kappa shape index (κ1) is 30.7. The molecule has 1 aliphatic heterocycles. The number of halogens is 1. The van der Waals surface area contributed by atoms with Crippen LogP contribution in [-0.2, 0) is 24.8 Å². The van der Waals surface area contributed by atoms with Crippen LogP contribution < -0.4 is 10.6 Å². The zero-order chi connectivity index (χ0) is 30.8. The van der Waals surface area contributed by atoms with E-state index >= 15 is 0 Å². The summed E-state index contributed by atoms with van der Waals surface area (Å²) in [5.74, 6) is -0.923. The molecule has 10 nitrogen and oxygen atoms in total. The molecule has 4 N–H and O–H groups in total. The molecule has 1 unspecified atom stereocenters. The van der Waals surface area contributed by atoms with Crippen LogP contribution in [0.2, 0.25) is 0 Å². The summed E-state index contributed by atoms with van der Waals surface area (Å²) in [4.78, 5) is 34.5. The molecule has 1 amide bonds. The average molecular weight is 609 g/mol. The molecule has 0 saturated carbocycles. The van der Waals surface area contributed by atoms with Crippen LogP contribution in [0.15, 0.2) is 47.1 Å². The molecule has 0 saturated heterocycles. The number of benzene rings is 1. The van der Waals surface area contributed by atoms with E-state index < -0.39 is 23.9 Å². The highest BCUT2D eigenvalue weighted by Crippen LogP contribution is 2.36. The number of hydrogen-bond donors (Lipinski definition) is 4. The Bertz CT molecular complexity index is 1590. The van der Waals surface area contributed by atoms with Gasteiger partial charge in [0.2, 0.25) is 0 Å². The summed E-state index contributed by atoms with van der Waals surface area (Å²) in [6, 6.07) is 7.79. The Kier molecular flexibility index (Phi) is 9.21. The number of aromatic nitrogens is 2. The maximum absolute atomic E-state index is 14.9. The van der Waals surface area contributed by atoms with Gasteiger partial charge in [-0.25, -0.2) is 4.39 Å². The lowest BCUT2D eigenvalue weighted by molar-refractivity contribution is -0.118. The zero-order valence-electron chi connectivity index (χ0n) is 24.7. The van der Waals surface area contributed by atoms with Gasteiger partial charge in [-0.05, 0) is 68.8 Å². The van der Waals surface area contributed by atoms with E-state index in [0.717, 1.165) is 17.1 Å². The standard InChI is InChI=1S/C31H37FN6O4S/c1-5-37(3)16-19-13-28(36-38(19)4)34-24-15-22(33-11-10-17(2)29(24)40)18-6-7-21(32)23(12-18)35-31(42)27-14-20-26(43-27)9-8-25(39)30(20)41/h6-7,12-15,17,25,30,39,41H,5,8-11,16H2,1-4H3,(H,34,36)(H,35,42)/b24-15+,33-22?/t17?,25-,30+/m1/s1. The minimum atomic E-state index is -1.05. The number of nitrogens with zero attached hydrogens (tertiary/aromatic N) is 4. The van der Waals surface area contributed by atoms with Gasteiger partial charge in [-0.15, -0.1) is 11.3 Å². The Balaban J connectivity index is 1.40. The number of nitrogens with one attached hydrogen (secondary N) is 2. The molecular formula is C31H37FN6O4S. The highest BCUT2D eigenvalue weighted by atomic mass is 32.1. The van der Waals surface area contributed by atoms with Crippen LogP contribution in [0.3, 0.4) is 0 Å². The molecular weight excluding hydrogens is 571 g/mol. The van der Waals surface area contributed by atoms with E-state index in [4.69, 9.17) is 4.99 Å². The van der Waals surface area contributed by atoms with Crippen molar-refractivity contribution in [3.63, 3.8) is 0 Å². The molecule has 0 radical (unpaired) electrons.